The number of hydrogen-bond donors (Lipinski definition) is 2. The van der Waals surface area contributed by atoms with Gasteiger partial charge in [0, 0.05) is 12.6 Å². The summed E-state index contributed by atoms with van der Waals surface area (Å²) in [6.07, 6.45) is 0.918. The van der Waals surface area contributed by atoms with Gasteiger partial charge < -0.3 is 15.4 Å². The number of carbonyl (C=O) groups excluding carboxylic acids is 1. The number of hydrogen-bond acceptors (Lipinski definition) is 3. The lowest BCUT2D eigenvalue weighted by molar-refractivity contribution is -0.129. The lowest BCUT2D eigenvalue weighted by Gasteiger charge is -2.30. The zero-order valence-electron chi connectivity index (χ0n) is 9.17. The third-order valence-corrected chi connectivity index (χ3v) is 2.60. The fraction of sp³-hybridized carbons (Fsp3) is 0.900. The van der Waals surface area contributed by atoms with Gasteiger partial charge in [-0.2, -0.15) is 0 Å². The Bertz CT molecular complexity index is 197. The lowest BCUT2D eigenvalue weighted by Crippen LogP contribution is -2.56. The molecule has 1 aliphatic rings. The fourth-order valence-corrected chi connectivity index (χ4v) is 1.46. The quantitative estimate of drug-likeness (QED) is 0.688. The van der Waals surface area contributed by atoms with Crippen molar-refractivity contribution in [3.63, 3.8) is 0 Å². The zero-order chi connectivity index (χ0) is 10.6. The molecule has 0 spiro atoms. The van der Waals surface area contributed by atoms with Crippen molar-refractivity contribution in [1.82, 2.24) is 10.6 Å². The van der Waals surface area contributed by atoms with Crippen LogP contribution in [0.1, 0.15) is 27.2 Å². The Morgan fingerprint density at radius 3 is 3.00 bits per heavy atom. The predicted molar refractivity (Wildman–Crippen MR) is 55.1 cm³/mol. The van der Waals surface area contributed by atoms with Crippen molar-refractivity contribution in [3.05, 3.63) is 0 Å². The smallest absolute Gasteiger partial charge is 0.240 e. The van der Waals surface area contributed by atoms with E-state index in [1.165, 1.54) is 0 Å². The van der Waals surface area contributed by atoms with E-state index in [0.29, 0.717) is 6.61 Å². The molecular formula is C10H20N2O2. The van der Waals surface area contributed by atoms with Gasteiger partial charge in [-0.1, -0.05) is 6.92 Å². The van der Waals surface area contributed by atoms with Crippen molar-refractivity contribution < 1.29 is 9.53 Å². The third-order valence-electron chi connectivity index (χ3n) is 2.60. The minimum atomic E-state index is -0.197. The first-order chi connectivity index (χ1) is 6.65. The van der Waals surface area contributed by atoms with Crippen molar-refractivity contribution in [2.24, 2.45) is 0 Å². The van der Waals surface area contributed by atoms with Gasteiger partial charge in [0.2, 0.25) is 5.91 Å². The van der Waals surface area contributed by atoms with Crippen molar-refractivity contribution in [2.75, 3.05) is 13.2 Å². The Morgan fingerprint density at radius 1 is 1.71 bits per heavy atom. The van der Waals surface area contributed by atoms with Gasteiger partial charge in [0.05, 0.1) is 12.7 Å². The molecule has 2 N–H and O–H groups in total. The predicted octanol–water partition coefficient (Wildman–Crippen LogP) is 0.278. The Morgan fingerprint density at radius 2 is 2.43 bits per heavy atom. The van der Waals surface area contributed by atoms with Gasteiger partial charge >= 0.3 is 0 Å². The molecule has 0 radical (unpaired) electrons. The van der Waals surface area contributed by atoms with E-state index in [2.05, 4.69) is 17.6 Å². The molecule has 1 rings (SSSR count). The number of nitrogens with one attached hydrogen (secondary N) is 2. The number of ether oxygens (including phenoxy) is 1. The normalized spacial score (nSPS) is 29.6. The first kappa shape index (κ1) is 11.5. The second kappa shape index (κ2) is 5.32. The molecule has 0 aliphatic carbocycles. The Labute approximate surface area is 85.4 Å². The van der Waals surface area contributed by atoms with Gasteiger partial charge in [-0.05, 0) is 20.3 Å². The van der Waals surface area contributed by atoms with Crippen LogP contribution in [0.2, 0.25) is 0 Å². The molecule has 0 bridgehead atoms. The molecule has 4 nitrogen and oxygen atoms in total. The van der Waals surface area contributed by atoms with Gasteiger partial charge in [-0.25, -0.2) is 0 Å². The van der Waals surface area contributed by atoms with Crippen LogP contribution in [0.3, 0.4) is 0 Å². The number of rotatable bonds is 3. The van der Waals surface area contributed by atoms with Crippen LogP contribution in [0.15, 0.2) is 0 Å². The molecule has 0 aromatic heterocycles. The Hall–Kier alpha value is -0.610. The number of carbonyl (C=O) groups is 1. The van der Waals surface area contributed by atoms with Crippen LogP contribution in [0.25, 0.3) is 0 Å². The Balaban J connectivity index is 2.42. The van der Waals surface area contributed by atoms with Gasteiger partial charge in [0.1, 0.15) is 6.04 Å². The zero-order valence-corrected chi connectivity index (χ0v) is 9.17. The van der Waals surface area contributed by atoms with E-state index >= 15 is 0 Å². The maximum Gasteiger partial charge on any atom is 0.240 e. The molecule has 0 aromatic rings. The summed E-state index contributed by atoms with van der Waals surface area (Å²) in [6.45, 7) is 7.43. The van der Waals surface area contributed by atoms with Crippen molar-refractivity contribution in [3.8, 4) is 0 Å². The van der Waals surface area contributed by atoms with Crippen molar-refractivity contribution in [2.45, 2.75) is 45.4 Å². The lowest BCUT2D eigenvalue weighted by atomic mass is 10.1. The second-order valence-corrected chi connectivity index (χ2v) is 3.83. The summed E-state index contributed by atoms with van der Waals surface area (Å²) in [5, 5.41) is 6.11. The van der Waals surface area contributed by atoms with Crippen LogP contribution < -0.4 is 10.6 Å². The summed E-state index contributed by atoms with van der Waals surface area (Å²) in [4.78, 5) is 11.7. The van der Waals surface area contributed by atoms with Crippen LogP contribution in [0.4, 0.5) is 0 Å². The molecule has 82 valence electrons. The van der Waals surface area contributed by atoms with E-state index in [9.17, 15) is 4.79 Å². The summed E-state index contributed by atoms with van der Waals surface area (Å²) in [6, 6.07) is 0.0381. The maximum atomic E-state index is 11.7. The monoisotopic (exact) mass is 200 g/mol. The average molecular weight is 200 g/mol. The van der Waals surface area contributed by atoms with E-state index in [0.717, 1.165) is 13.0 Å². The highest BCUT2D eigenvalue weighted by molar-refractivity contribution is 5.82. The van der Waals surface area contributed by atoms with Gasteiger partial charge in [-0.3, -0.25) is 4.79 Å². The van der Waals surface area contributed by atoms with Gasteiger partial charge in [0.25, 0.3) is 0 Å². The van der Waals surface area contributed by atoms with Crippen LogP contribution in [0.5, 0.6) is 0 Å². The molecule has 0 aromatic carbocycles. The summed E-state index contributed by atoms with van der Waals surface area (Å²) in [5.41, 5.74) is 0. The SMILES string of the molecule is CCC(C)NC(=O)[C@H]1NCCO[C@@H]1C. The summed E-state index contributed by atoms with van der Waals surface area (Å²) >= 11 is 0. The Kier molecular flexibility index (Phi) is 4.35. The van der Waals surface area contributed by atoms with Crippen molar-refractivity contribution >= 4 is 5.91 Å². The molecule has 14 heavy (non-hydrogen) atoms. The largest absolute Gasteiger partial charge is 0.375 e. The highest BCUT2D eigenvalue weighted by atomic mass is 16.5. The van der Waals surface area contributed by atoms with Crippen molar-refractivity contribution in [1.29, 1.82) is 0 Å². The summed E-state index contributed by atoms with van der Waals surface area (Å²) in [5.74, 6) is 0.0477. The van der Waals surface area contributed by atoms with Crippen LogP contribution in [-0.2, 0) is 9.53 Å². The molecule has 1 fully saturated rings. The molecule has 3 atom stereocenters. The van der Waals surface area contributed by atoms with E-state index < -0.39 is 0 Å². The minimum absolute atomic E-state index is 0.0344. The van der Waals surface area contributed by atoms with Crippen LogP contribution >= 0.6 is 0 Å². The third kappa shape index (κ3) is 2.96. The number of morpholine rings is 1. The highest BCUT2D eigenvalue weighted by Crippen LogP contribution is 2.04. The van der Waals surface area contributed by atoms with E-state index in [4.69, 9.17) is 4.74 Å². The van der Waals surface area contributed by atoms with Crippen LogP contribution in [-0.4, -0.2) is 37.2 Å². The topological polar surface area (TPSA) is 50.4 Å². The first-order valence-corrected chi connectivity index (χ1v) is 5.30. The van der Waals surface area contributed by atoms with E-state index in [-0.39, 0.29) is 24.1 Å². The molecule has 1 heterocycles. The number of amides is 1. The molecule has 1 saturated heterocycles. The first-order valence-electron chi connectivity index (χ1n) is 5.30. The van der Waals surface area contributed by atoms with Crippen LogP contribution in [0, 0.1) is 0 Å². The fourth-order valence-electron chi connectivity index (χ4n) is 1.46. The second-order valence-electron chi connectivity index (χ2n) is 3.83. The van der Waals surface area contributed by atoms with E-state index in [1.807, 2.05) is 13.8 Å². The molecular weight excluding hydrogens is 180 g/mol. The average Bonchev–Trinajstić information content (AvgIpc) is 2.18. The van der Waals surface area contributed by atoms with Gasteiger partial charge in [-0.15, -0.1) is 0 Å². The molecule has 1 amide bonds. The van der Waals surface area contributed by atoms with E-state index in [1.54, 1.807) is 0 Å². The highest BCUT2D eigenvalue weighted by Gasteiger charge is 2.28. The molecule has 1 aliphatic heterocycles. The summed E-state index contributed by atoms with van der Waals surface area (Å²) < 4.78 is 5.40. The maximum absolute atomic E-state index is 11.7. The molecule has 1 unspecified atom stereocenters. The van der Waals surface area contributed by atoms with Gasteiger partial charge in [0.15, 0.2) is 0 Å². The molecule has 4 heteroatoms. The summed E-state index contributed by atoms with van der Waals surface area (Å²) in [7, 11) is 0. The molecule has 0 saturated carbocycles. The standard InChI is InChI=1S/C10H20N2O2/c1-4-7(2)12-10(13)9-8(3)14-6-5-11-9/h7-9,11H,4-6H2,1-3H3,(H,12,13)/t7?,8-,9+/m1/s1. The minimum Gasteiger partial charge on any atom is -0.375 e.